The first-order chi connectivity index (χ1) is 8.77. The van der Waals surface area contributed by atoms with Crippen LogP contribution in [0.2, 0.25) is 5.02 Å². The zero-order valence-corrected chi connectivity index (χ0v) is 12.2. The Morgan fingerprint density at radius 1 is 1.42 bits per heavy atom. The molecule has 4 N–H and O–H groups in total. The Labute approximate surface area is 117 Å². The summed E-state index contributed by atoms with van der Waals surface area (Å²) in [6.07, 6.45) is 0.0673. The van der Waals surface area contributed by atoms with Gasteiger partial charge in [0, 0.05) is 20.0 Å². The Balaban J connectivity index is 2.89. The van der Waals surface area contributed by atoms with Crippen molar-refractivity contribution in [3.63, 3.8) is 0 Å². The lowest BCUT2D eigenvalue weighted by atomic mass is 10.2. The third-order valence-corrected chi connectivity index (χ3v) is 4.44. The number of halogens is 1. The third kappa shape index (κ3) is 4.09. The molecule has 6 nitrogen and oxygen atoms in total. The van der Waals surface area contributed by atoms with E-state index in [1.54, 1.807) is 6.92 Å². The molecule has 0 spiro atoms. The number of amides is 1. The van der Waals surface area contributed by atoms with Crippen molar-refractivity contribution in [1.82, 2.24) is 10.0 Å². The average molecular weight is 306 g/mol. The minimum atomic E-state index is -3.70. The van der Waals surface area contributed by atoms with Crippen molar-refractivity contribution in [1.29, 1.82) is 0 Å². The van der Waals surface area contributed by atoms with Crippen molar-refractivity contribution in [3.05, 3.63) is 22.7 Å². The van der Waals surface area contributed by atoms with E-state index in [1.165, 1.54) is 19.2 Å². The van der Waals surface area contributed by atoms with Crippen molar-refractivity contribution >= 4 is 33.2 Å². The molecule has 0 atom stereocenters. The summed E-state index contributed by atoms with van der Waals surface area (Å²) in [5.41, 5.74) is 6.28. The van der Waals surface area contributed by atoms with Crippen molar-refractivity contribution in [2.45, 2.75) is 18.2 Å². The third-order valence-electron chi connectivity index (χ3n) is 2.51. The fourth-order valence-corrected chi connectivity index (χ4v) is 2.97. The molecule has 0 aliphatic carbocycles. The highest BCUT2D eigenvalue weighted by Crippen LogP contribution is 2.25. The molecule has 1 aromatic carbocycles. The van der Waals surface area contributed by atoms with E-state index in [2.05, 4.69) is 10.0 Å². The van der Waals surface area contributed by atoms with Gasteiger partial charge in [0.15, 0.2) is 0 Å². The van der Waals surface area contributed by atoms with Crippen LogP contribution in [0.15, 0.2) is 17.0 Å². The molecule has 0 aromatic heterocycles. The van der Waals surface area contributed by atoms with Gasteiger partial charge in [0.05, 0.1) is 15.6 Å². The summed E-state index contributed by atoms with van der Waals surface area (Å²) in [5, 5.41) is 2.71. The number of carbonyl (C=O) groups excluding carboxylic acids is 1. The highest BCUT2D eigenvalue weighted by atomic mass is 35.5. The number of hydrogen-bond donors (Lipinski definition) is 3. The Morgan fingerprint density at radius 2 is 2.05 bits per heavy atom. The quantitative estimate of drug-likeness (QED) is 0.695. The average Bonchev–Trinajstić information content (AvgIpc) is 2.33. The second-order valence-corrected chi connectivity index (χ2v) is 6.10. The van der Waals surface area contributed by atoms with Crippen LogP contribution in [0.4, 0.5) is 5.69 Å². The van der Waals surface area contributed by atoms with Crippen LogP contribution in [-0.4, -0.2) is 27.9 Å². The minimum absolute atomic E-state index is 0.0178. The number of hydrogen-bond acceptors (Lipinski definition) is 4. The molecule has 0 saturated heterocycles. The number of nitrogens with two attached hydrogens (primary N) is 1. The lowest BCUT2D eigenvalue weighted by Crippen LogP contribution is -2.29. The fraction of sp³-hybridized carbons (Fsp3) is 0.364. The van der Waals surface area contributed by atoms with Gasteiger partial charge in [0.1, 0.15) is 0 Å². The number of rotatable bonds is 5. The molecule has 1 aromatic rings. The van der Waals surface area contributed by atoms with Crippen LogP contribution < -0.4 is 15.8 Å². The van der Waals surface area contributed by atoms with Crippen LogP contribution in [0.3, 0.4) is 0 Å². The lowest BCUT2D eigenvalue weighted by molar-refractivity contribution is -0.120. The summed E-state index contributed by atoms with van der Waals surface area (Å²) in [6, 6.07) is 2.80. The molecule has 0 radical (unpaired) electrons. The first-order valence-electron chi connectivity index (χ1n) is 5.54. The van der Waals surface area contributed by atoms with E-state index >= 15 is 0 Å². The van der Waals surface area contributed by atoms with Crippen LogP contribution >= 0.6 is 11.6 Å². The molecule has 0 fully saturated rings. The molecule has 0 bridgehead atoms. The number of aryl methyl sites for hydroxylation is 1. The molecule has 0 aliphatic rings. The monoisotopic (exact) mass is 305 g/mol. The maximum atomic E-state index is 12.0. The van der Waals surface area contributed by atoms with E-state index in [4.69, 9.17) is 17.3 Å². The molecule has 0 unspecified atom stereocenters. The van der Waals surface area contributed by atoms with Crippen LogP contribution in [0.5, 0.6) is 0 Å². The Hall–Kier alpha value is -1.31. The topological polar surface area (TPSA) is 101 Å². The van der Waals surface area contributed by atoms with E-state index in [0.29, 0.717) is 10.6 Å². The predicted molar refractivity (Wildman–Crippen MR) is 74.5 cm³/mol. The number of nitrogens with one attached hydrogen (secondary N) is 2. The summed E-state index contributed by atoms with van der Waals surface area (Å²) in [5.74, 6) is -0.241. The lowest BCUT2D eigenvalue weighted by Gasteiger charge is -2.10. The molecule has 8 heteroatoms. The van der Waals surface area contributed by atoms with Crippen LogP contribution in [-0.2, 0) is 14.8 Å². The largest absolute Gasteiger partial charge is 0.397 e. The zero-order valence-electron chi connectivity index (χ0n) is 10.7. The molecular weight excluding hydrogens is 290 g/mol. The molecule has 0 heterocycles. The Morgan fingerprint density at radius 3 is 2.63 bits per heavy atom. The Bertz CT molecular complexity index is 587. The van der Waals surface area contributed by atoms with Gasteiger partial charge in [-0.25, -0.2) is 13.1 Å². The zero-order chi connectivity index (χ0) is 14.6. The number of anilines is 1. The maximum absolute atomic E-state index is 12.0. The summed E-state index contributed by atoms with van der Waals surface area (Å²) in [4.78, 5) is 11.1. The van der Waals surface area contributed by atoms with Gasteiger partial charge in [-0.2, -0.15) is 0 Å². The second kappa shape index (κ2) is 6.23. The van der Waals surface area contributed by atoms with Crippen molar-refractivity contribution in [2.75, 3.05) is 19.3 Å². The van der Waals surface area contributed by atoms with E-state index in [-0.39, 0.29) is 29.5 Å². The minimum Gasteiger partial charge on any atom is -0.397 e. The number of nitrogen functional groups attached to an aromatic ring is 1. The van der Waals surface area contributed by atoms with Gasteiger partial charge in [0.2, 0.25) is 15.9 Å². The summed E-state index contributed by atoms with van der Waals surface area (Å²) >= 11 is 5.81. The fourth-order valence-electron chi connectivity index (χ4n) is 1.46. The predicted octanol–water partition coefficient (Wildman–Crippen LogP) is 0.645. The van der Waals surface area contributed by atoms with E-state index in [1.807, 2.05) is 0 Å². The van der Waals surface area contributed by atoms with E-state index in [9.17, 15) is 13.2 Å². The van der Waals surface area contributed by atoms with Gasteiger partial charge in [-0.3, -0.25) is 4.79 Å². The molecular formula is C11H16ClN3O3S. The first kappa shape index (κ1) is 15.7. The van der Waals surface area contributed by atoms with Crippen molar-refractivity contribution in [3.8, 4) is 0 Å². The molecule has 0 aliphatic heterocycles. The van der Waals surface area contributed by atoms with Gasteiger partial charge in [-0.05, 0) is 24.6 Å². The van der Waals surface area contributed by atoms with E-state index in [0.717, 1.165) is 0 Å². The van der Waals surface area contributed by atoms with Gasteiger partial charge < -0.3 is 11.1 Å². The standard InChI is InChI=1S/C11H16ClN3O3S/c1-7-5-8(12)9(13)6-10(7)19(17,18)15-4-3-11(16)14-2/h5-6,15H,3-4,13H2,1-2H3,(H,14,16). The maximum Gasteiger partial charge on any atom is 0.240 e. The summed E-state index contributed by atoms with van der Waals surface area (Å²) < 4.78 is 26.4. The normalized spacial score (nSPS) is 11.3. The Kier molecular flexibility index (Phi) is 5.16. The van der Waals surface area contributed by atoms with Crippen LogP contribution in [0.1, 0.15) is 12.0 Å². The number of sulfonamides is 1. The van der Waals surface area contributed by atoms with Gasteiger partial charge in [-0.1, -0.05) is 11.6 Å². The van der Waals surface area contributed by atoms with E-state index < -0.39 is 10.0 Å². The van der Waals surface area contributed by atoms with Gasteiger partial charge in [-0.15, -0.1) is 0 Å². The van der Waals surface area contributed by atoms with Crippen molar-refractivity contribution < 1.29 is 13.2 Å². The van der Waals surface area contributed by atoms with Crippen LogP contribution in [0.25, 0.3) is 0 Å². The summed E-state index contributed by atoms with van der Waals surface area (Å²) in [6.45, 7) is 1.64. The first-order valence-corrected chi connectivity index (χ1v) is 7.40. The number of benzene rings is 1. The van der Waals surface area contributed by atoms with Crippen LogP contribution in [0, 0.1) is 6.92 Å². The number of carbonyl (C=O) groups is 1. The molecule has 106 valence electrons. The van der Waals surface area contributed by atoms with Gasteiger partial charge in [0.25, 0.3) is 0 Å². The van der Waals surface area contributed by atoms with Gasteiger partial charge >= 0.3 is 0 Å². The smallest absolute Gasteiger partial charge is 0.240 e. The SMILES string of the molecule is CNC(=O)CCNS(=O)(=O)c1cc(N)c(Cl)cc1C. The molecule has 1 amide bonds. The highest BCUT2D eigenvalue weighted by Gasteiger charge is 2.18. The molecule has 0 saturated carbocycles. The molecule has 1 rings (SSSR count). The second-order valence-electron chi connectivity index (χ2n) is 3.96. The molecule has 19 heavy (non-hydrogen) atoms. The summed E-state index contributed by atoms with van der Waals surface area (Å²) in [7, 11) is -2.22. The highest BCUT2D eigenvalue weighted by molar-refractivity contribution is 7.89. The van der Waals surface area contributed by atoms with Crippen molar-refractivity contribution in [2.24, 2.45) is 0 Å².